The van der Waals surface area contributed by atoms with E-state index in [2.05, 4.69) is 10.5 Å². The normalized spacial score (nSPS) is 10.7. The van der Waals surface area contributed by atoms with Crippen molar-refractivity contribution in [1.29, 1.82) is 0 Å². The molecule has 0 aliphatic carbocycles. The molecule has 0 unspecified atom stereocenters. The molecule has 0 atom stereocenters. The first kappa shape index (κ1) is 24.7. The van der Waals surface area contributed by atoms with Crippen molar-refractivity contribution < 1.29 is 19.1 Å². The van der Waals surface area contributed by atoms with Crippen LogP contribution in [-0.2, 0) is 6.61 Å². The molecule has 180 valence electrons. The molecule has 7 heteroatoms. The fourth-order valence-electron chi connectivity index (χ4n) is 3.19. The summed E-state index contributed by atoms with van der Waals surface area (Å²) in [4.78, 5) is 24.6. The SMILES string of the molecule is Cc1ccc(COc2ccc(C(=O)NN=Cc3ccc(OC(=O)c4cccc(Cl)c4)cc3)cc2)cc1. The topological polar surface area (TPSA) is 77.0 Å². The number of hydrazone groups is 1. The maximum absolute atomic E-state index is 12.4. The van der Waals surface area contributed by atoms with Crippen LogP contribution in [0.1, 0.15) is 37.4 Å². The summed E-state index contributed by atoms with van der Waals surface area (Å²) in [6.45, 7) is 2.49. The lowest BCUT2D eigenvalue weighted by molar-refractivity contribution is 0.0734. The molecule has 4 rings (SSSR count). The van der Waals surface area contributed by atoms with Crippen LogP contribution >= 0.6 is 11.6 Å². The van der Waals surface area contributed by atoms with Gasteiger partial charge < -0.3 is 9.47 Å². The van der Waals surface area contributed by atoms with Crippen molar-refractivity contribution in [3.63, 3.8) is 0 Å². The van der Waals surface area contributed by atoms with Gasteiger partial charge >= 0.3 is 5.97 Å². The van der Waals surface area contributed by atoms with Gasteiger partial charge in [-0.15, -0.1) is 0 Å². The van der Waals surface area contributed by atoms with Gasteiger partial charge in [-0.1, -0.05) is 47.5 Å². The highest BCUT2D eigenvalue weighted by atomic mass is 35.5. The van der Waals surface area contributed by atoms with Crippen molar-refractivity contribution in [1.82, 2.24) is 5.43 Å². The van der Waals surface area contributed by atoms with Crippen molar-refractivity contribution in [2.75, 3.05) is 0 Å². The predicted molar refractivity (Wildman–Crippen MR) is 140 cm³/mol. The molecule has 1 N–H and O–H groups in total. The Labute approximate surface area is 214 Å². The van der Waals surface area contributed by atoms with Gasteiger partial charge in [0.2, 0.25) is 0 Å². The lowest BCUT2D eigenvalue weighted by Gasteiger charge is -2.07. The van der Waals surface area contributed by atoms with Crippen LogP contribution < -0.4 is 14.9 Å². The summed E-state index contributed by atoms with van der Waals surface area (Å²) in [5.41, 5.74) is 6.31. The van der Waals surface area contributed by atoms with Crippen LogP contribution in [0.5, 0.6) is 11.5 Å². The number of ether oxygens (including phenoxy) is 2. The standard InChI is InChI=1S/C29H23ClN2O4/c1-20-5-7-22(8-6-20)19-35-26-15-11-23(12-16-26)28(33)32-31-18-21-9-13-27(14-10-21)36-29(34)24-3-2-4-25(30)17-24/h2-18H,19H2,1H3,(H,32,33). The van der Waals surface area contributed by atoms with E-state index in [-0.39, 0.29) is 5.91 Å². The van der Waals surface area contributed by atoms with Gasteiger partial charge in [0.15, 0.2) is 0 Å². The van der Waals surface area contributed by atoms with Crippen molar-refractivity contribution in [2.45, 2.75) is 13.5 Å². The van der Waals surface area contributed by atoms with E-state index in [4.69, 9.17) is 21.1 Å². The molecule has 0 bridgehead atoms. The molecule has 4 aromatic carbocycles. The summed E-state index contributed by atoms with van der Waals surface area (Å²) in [5.74, 6) is 0.207. The van der Waals surface area contributed by atoms with Gasteiger partial charge in [-0.05, 0) is 84.8 Å². The smallest absolute Gasteiger partial charge is 0.343 e. The van der Waals surface area contributed by atoms with E-state index in [9.17, 15) is 9.59 Å². The molecule has 0 saturated carbocycles. The van der Waals surface area contributed by atoms with Crippen LogP contribution in [0.2, 0.25) is 5.02 Å². The average Bonchev–Trinajstić information content (AvgIpc) is 2.89. The number of hydrogen-bond donors (Lipinski definition) is 1. The van der Waals surface area contributed by atoms with E-state index < -0.39 is 5.97 Å². The maximum atomic E-state index is 12.4. The number of rotatable bonds is 8. The van der Waals surface area contributed by atoms with Crippen molar-refractivity contribution >= 4 is 29.7 Å². The van der Waals surface area contributed by atoms with Gasteiger partial charge in [0.05, 0.1) is 11.8 Å². The van der Waals surface area contributed by atoms with Gasteiger partial charge in [-0.25, -0.2) is 10.2 Å². The van der Waals surface area contributed by atoms with E-state index in [0.717, 1.165) is 11.1 Å². The lowest BCUT2D eigenvalue weighted by atomic mass is 10.2. The Bertz CT molecular complexity index is 1370. The zero-order valence-corrected chi connectivity index (χ0v) is 20.2. The third kappa shape index (κ3) is 7.04. The van der Waals surface area contributed by atoms with E-state index in [1.807, 2.05) is 31.2 Å². The first-order valence-electron chi connectivity index (χ1n) is 11.2. The first-order chi connectivity index (χ1) is 17.5. The predicted octanol–water partition coefficient (Wildman–Crippen LogP) is 6.21. The molecular weight excluding hydrogens is 476 g/mol. The highest BCUT2D eigenvalue weighted by Gasteiger charge is 2.09. The summed E-state index contributed by atoms with van der Waals surface area (Å²) in [6, 6.07) is 28.2. The van der Waals surface area contributed by atoms with Crippen LogP contribution in [0.25, 0.3) is 0 Å². The number of aryl methyl sites for hydroxylation is 1. The highest BCUT2D eigenvalue weighted by Crippen LogP contribution is 2.17. The van der Waals surface area contributed by atoms with Gasteiger partial charge in [0.25, 0.3) is 5.91 Å². The number of hydrogen-bond acceptors (Lipinski definition) is 5. The monoisotopic (exact) mass is 498 g/mol. The number of carbonyl (C=O) groups is 2. The van der Waals surface area contributed by atoms with Gasteiger partial charge in [0, 0.05) is 10.6 Å². The summed E-state index contributed by atoms with van der Waals surface area (Å²) >= 11 is 5.91. The van der Waals surface area contributed by atoms with Crippen LogP contribution in [0.15, 0.2) is 102 Å². The number of amides is 1. The molecule has 4 aromatic rings. The highest BCUT2D eigenvalue weighted by molar-refractivity contribution is 6.30. The fraction of sp³-hybridized carbons (Fsp3) is 0.0690. The van der Waals surface area contributed by atoms with Crippen LogP contribution in [-0.4, -0.2) is 18.1 Å². The molecular formula is C29H23ClN2O4. The Kier molecular flexibility index (Phi) is 8.11. The minimum atomic E-state index is -0.502. The molecule has 0 radical (unpaired) electrons. The Morgan fingerprint density at radius 2 is 1.56 bits per heavy atom. The molecule has 0 fully saturated rings. The second-order valence-electron chi connectivity index (χ2n) is 7.97. The maximum Gasteiger partial charge on any atom is 0.343 e. The quantitative estimate of drug-likeness (QED) is 0.135. The minimum absolute atomic E-state index is 0.344. The van der Waals surface area contributed by atoms with Crippen LogP contribution in [0.3, 0.4) is 0 Å². The molecule has 1 amide bonds. The largest absolute Gasteiger partial charge is 0.489 e. The molecule has 6 nitrogen and oxygen atoms in total. The van der Waals surface area contributed by atoms with E-state index >= 15 is 0 Å². The number of benzene rings is 4. The van der Waals surface area contributed by atoms with Gasteiger partial charge in [-0.2, -0.15) is 5.10 Å². The number of nitrogens with zero attached hydrogens (tertiary/aromatic N) is 1. The number of esters is 1. The molecule has 0 aliphatic rings. The van der Waals surface area contributed by atoms with E-state index in [1.165, 1.54) is 11.8 Å². The molecule has 36 heavy (non-hydrogen) atoms. The second-order valence-corrected chi connectivity index (χ2v) is 8.40. The second kappa shape index (κ2) is 11.8. The molecule has 0 spiro atoms. The van der Waals surface area contributed by atoms with E-state index in [1.54, 1.807) is 72.8 Å². The summed E-state index contributed by atoms with van der Waals surface area (Å²) in [6.07, 6.45) is 1.50. The van der Waals surface area contributed by atoms with Crippen molar-refractivity contribution in [2.24, 2.45) is 5.10 Å². The Balaban J connectivity index is 1.25. The fourth-order valence-corrected chi connectivity index (χ4v) is 3.38. The minimum Gasteiger partial charge on any atom is -0.489 e. The number of halogens is 1. The molecule has 0 aliphatic heterocycles. The zero-order valence-electron chi connectivity index (χ0n) is 19.5. The Hall–Kier alpha value is -4.42. The average molecular weight is 499 g/mol. The van der Waals surface area contributed by atoms with Gasteiger partial charge in [-0.3, -0.25) is 4.79 Å². The van der Waals surface area contributed by atoms with Crippen molar-refractivity contribution in [3.8, 4) is 11.5 Å². The first-order valence-corrected chi connectivity index (χ1v) is 11.5. The summed E-state index contributed by atoms with van der Waals surface area (Å²) in [5, 5.41) is 4.45. The summed E-state index contributed by atoms with van der Waals surface area (Å²) in [7, 11) is 0. The third-order valence-corrected chi connectivity index (χ3v) is 5.41. The Morgan fingerprint density at radius 3 is 2.25 bits per heavy atom. The summed E-state index contributed by atoms with van der Waals surface area (Å²) < 4.78 is 11.1. The van der Waals surface area contributed by atoms with Gasteiger partial charge in [0.1, 0.15) is 18.1 Å². The van der Waals surface area contributed by atoms with Crippen molar-refractivity contribution in [3.05, 3.63) is 130 Å². The number of carbonyl (C=O) groups excluding carboxylic acids is 2. The number of nitrogens with one attached hydrogen (secondary N) is 1. The zero-order chi connectivity index (χ0) is 25.3. The molecule has 0 aromatic heterocycles. The molecule has 0 heterocycles. The van der Waals surface area contributed by atoms with Crippen LogP contribution in [0.4, 0.5) is 0 Å². The Morgan fingerprint density at radius 1 is 0.861 bits per heavy atom. The third-order valence-electron chi connectivity index (χ3n) is 5.17. The van der Waals surface area contributed by atoms with Crippen LogP contribution in [0, 0.1) is 6.92 Å². The van der Waals surface area contributed by atoms with E-state index in [0.29, 0.717) is 34.3 Å². The lowest BCUT2D eigenvalue weighted by Crippen LogP contribution is -2.17. The molecule has 0 saturated heterocycles.